The van der Waals surface area contributed by atoms with E-state index in [2.05, 4.69) is 0 Å². The zero-order valence-electron chi connectivity index (χ0n) is 2.17. The van der Waals surface area contributed by atoms with E-state index in [1.54, 1.807) is 0 Å². The third-order valence-corrected chi connectivity index (χ3v) is 0. The van der Waals surface area contributed by atoms with Gasteiger partial charge in [-0.05, 0) is 0 Å². The summed E-state index contributed by atoms with van der Waals surface area (Å²) in [6, 6.07) is 0. The van der Waals surface area contributed by atoms with Gasteiger partial charge < -0.3 is 15.4 Å². The van der Waals surface area contributed by atoms with E-state index < -0.39 is 0 Å². The summed E-state index contributed by atoms with van der Waals surface area (Å²) in [4.78, 5) is 8.24. The van der Waals surface area contributed by atoms with Crippen LogP contribution in [0.5, 0.6) is 0 Å². The second kappa shape index (κ2) is 39.3. The molecule has 0 atom stereocenters. The molecule has 0 fully saturated rings. The predicted molar refractivity (Wildman–Crippen MR) is 11.9 cm³/mol. The van der Waals surface area contributed by atoms with E-state index in [1.165, 1.54) is 0 Å². The van der Waals surface area contributed by atoms with Gasteiger partial charge in [0.15, 0.2) is 0 Å². The molecule has 0 aromatic carbocycles. The van der Waals surface area contributed by atoms with Gasteiger partial charge in [-0.15, -0.1) is 0 Å². The summed E-state index contributed by atoms with van der Waals surface area (Å²) in [7, 11) is 0. The van der Waals surface area contributed by atoms with E-state index >= 15 is 0 Å². The molecule has 0 aromatic rings. The standard InChI is InChI=1S/CHO2.Ni.H2O/c2-1-3;;/h(H,2,3);;1H2/q-1;;. The van der Waals surface area contributed by atoms with E-state index in [4.69, 9.17) is 9.90 Å². The van der Waals surface area contributed by atoms with Crippen LogP contribution in [-0.4, -0.2) is 17.1 Å². The first-order chi connectivity index (χ1) is 1.41. The van der Waals surface area contributed by atoms with Gasteiger partial charge in [0.05, 0.1) is 0 Å². The fraction of sp³-hybridized carbons (Fsp3) is 0. The van der Waals surface area contributed by atoms with Crippen LogP contribution in [0.4, 0.5) is 0 Å². The molecule has 4 heteroatoms. The summed E-state index contributed by atoms with van der Waals surface area (Å²) >= 11 is 0. The summed E-state index contributed by atoms with van der Waals surface area (Å²) in [5, 5.41) is 6.76. The minimum Gasteiger partial charge on any atom is -0.665 e. The molecular weight excluding hydrogens is 119 g/mol. The van der Waals surface area contributed by atoms with Crippen molar-refractivity contribution >= 4 is 6.47 Å². The Morgan fingerprint density at radius 2 is 1.60 bits per heavy atom. The maximum Gasteiger partial charge on any atom is 0 e. The normalized spacial score (nSPS) is 2.40. The molecule has 0 bridgehead atoms. The van der Waals surface area contributed by atoms with Crippen molar-refractivity contribution in [2.45, 2.75) is 0 Å². The van der Waals surface area contributed by atoms with Crippen molar-refractivity contribution in [3.8, 4) is 0 Å². The van der Waals surface area contributed by atoms with Gasteiger partial charge in [0, 0.05) is 16.5 Å². The van der Waals surface area contributed by atoms with E-state index in [1.807, 2.05) is 0 Å². The van der Waals surface area contributed by atoms with Crippen LogP contribution < -0.4 is 0 Å². The molecule has 0 aliphatic carbocycles. The Balaban J connectivity index is -0.0000000200. The molecule has 0 heterocycles. The topological polar surface area (TPSA) is 68.8 Å². The molecule has 3 N–H and O–H groups in total. The third kappa shape index (κ3) is 2480. The van der Waals surface area contributed by atoms with Crippen LogP contribution in [0.25, 0.3) is 0 Å². The van der Waals surface area contributed by atoms with Gasteiger partial charge in [-0.2, -0.15) is 0 Å². The number of hydrogen-bond donors (Lipinski definition) is 1. The minimum absolute atomic E-state index is 0. The van der Waals surface area contributed by atoms with Gasteiger partial charge in [-0.1, -0.05) is 6.47 Å². The predicted octanol–water partition coefficient (Wildman–Crippen LogP) is -1.22. The summed E-state index contributed by atoms with van der Waals surface area (Å²) in [5.74, 6) is 0. The second-order valence-corrected chi connectivity index (χ2v) is 0.0913. The molecule has 0 aliphatic rings. The monoisotopic (exact) mass is 121 g/mol. The van der Waals surface area contributed by atoms with E-state index in [0.29, 0.717) is 6.47 Å². The van der Waals surface area contributed by atoms with E-state index in [9.17, 15) is 0 Å². The van der Waals surface area contributed by atoms with Crippen LogP contribution in [0.2, 0.25) is 0 Å². The van der Waals surface area contributed by atoms with Crippen molar-refractivity contribution in [3.63, 3.8) is 0 Å². The number of rotatable bonds is 0. The van der Waals surface area contributed by atoms with Crippen molar-refractivity contribution in [2.24, 2.45) is 0 Å². The van der Waals surface area contributed by atoms with Gasteiger partial charge >= 0.3 is 0 Å². The molecule has 36 valence electrons. The fourth-order valence-corrected chi connectivity index (χ4v) is 0. The summed E-state index contributed by atoms with van der Waals surface area (Å²) < 4.78 is 0. The Morgan fingerprint density at radius 1 is 1.60 bits per heavy atom. The summed E-state index contributed by atoms with van der Waals surface area (Å²) in [6.07, 6.45) is 0. The molecule has 5 heavy (non-hydrogen) atoms. The molecule has 0 aromatic heterocycles. The van der Waals surface area contributed by atoms with Crippen LogP contribution in [0, 0.1) is 0 Å². The maximum absolute atomic E-state index is 8.24. The molecule has 0 saturated heterocycles. The first-order valence-corrected chi connectivity index (χ1v) is 0.428. The Hall–Kier alpha value is -0.0765. The van der Waals surface area contributed by atoms with Crippen molar-refractivity contribution in [2.75, 3.05) is 0 Å². The average Bonchev–Trinajstić information content (AvgIpc) is 0.918. The smallest absolute Gasteiger partial charge is 0 e. The molecule has 3 nitrogen and oxygen atoms in total. The van der Waals surface area contributed by atoms with Crippen LogP contribution in [0.3, 0.4) is 0 Å². The van der Waals surface area contributed by atoms with Gasteiger partial charge in [0.25, 0.3) is 0 Å². The minimum atomic E-state index is 0. The fourth-order valence-electron chi connectivity index (χ4n) is 0. The third-order valence-electron chi connectivity index (χ3n) is 0. The first-order valence-electron chi connectivity index (χ1n) is 0.428. The molecule has 0 saturated carbocycles. The second-order valence-electron chi connectivity index (χ2n) is 0.0913. The molecule has 0 amide bonds. The molecular formula is CH3NiO3-. The van der Waals surface area contributed by atoms with Crippen molar-refractivity contribution in [1.82, 2.24) is 0 Å². The molecule has 0 rings (SSSR count). The Bertz CT molecular complexity index is 14.4. The van der Waals surface area contributed by atoms with Crippen LogP contribution in [-0.2, 0) is 21.3 Å². The van der Waals surface area contributed by atoms with Crippen LogP contribution in [0.15, 0.2) is 0 Å². The SMILES string of the molecule is O.O=[C-]O.[Ni]. The molecule has 0 unspecified atom stereocenters. The number of hydrogen-bond acceptors (Lipinski definition) is 1. The molecule has 0 spiro atoms. The molecule has 0 radical (unpaired) electrons. The zero-order valence-corrected chi connectivity index (χ0v) is 3.16. The largest absolute Gasteiger partial charge is 0.665 e. The van der Waals surface area contributed by atoms with Crippen molar-refractivity contribution in [1.29, 1.82) is 0 Å². The van der Waals surface area contributed by atoms with Gasteiger partial charge in [-0.3, -0.25) is 0 Å². The first kappa shape index (κ1) is 20.5. The Kier molecular flexibility index (Phi) is 161. The van der Waals surface area contributed by atoms with Gasteiger partial charge in [0.2, 0.25) is 0 Å². The Labute approximate surface area is 39.2 Å². The zero-order chi connectivity index (χ0) is 2.71. The van der Waals surface area contributed by atoms with E-state index in [-0.39, 0.29) is 22.0 Å². The maximum atomic E-state index is 8.24. The summed E-state index contributed by atoms with van der Waals surface area (Å²) in [5.41, 5.74) is 0. The van der Waals surface area contributed by atoms with Gasteiger partial charge in [0.1, 0.15) is 0 Å². The average molecular weight is 122 g/mol. The Morgan fingerprint density at radius 3 is 1.60 bits per heavy atom. The van der Waals surface area contributed by atoms with Crippen LogP contribution in [0.1, 0.15) is 0 Å². The number of aliphatic hydroxyl groups excluding tert-OH is 1. The quantitative estimate of drug-likeness (QED) is 0.323. The molecule has 0 aliphatic heterocycles. The van der Waals surface area contributed by atoms with Gasteiger partial charge in [-0.25, -0.2) is 0 Å². The summed E-state index contributed by atoms with van der Waals surface area (Å²) in [6.45, 7) is 0.500. The van der Waals surface area contributed by atoms with Crippen molar-refractivity contribution in [3.05, 3.63) is 0 Å². The van der Waals surface area contributed by atoms with Crippen LogP contribution >= 0.6 is 0 Å². The van der Waals surface area contributed by atoms with Crippen molar-refractivity contribution < 1.29 is 31.9 Å². The van der Waals surface area contributed by atoms with E-state index in [0.717, 1.165) is 0 Å².